The number of hydrogen-bond donors (Lipinski definition) is 1. The Labute approximate surface area is 116 Å². The van der Waals surface area contributed by atoms with Gasteiger partial charge in [-0.3, -0.25) is 19.2 Å². The molecule has 20 heavy (non-hydrogen) atoms. The summed E-state index contributed by atoms with van der Waals surface area (Å²) in [7, 11) is -2.97. The highest BCUT2D eigenvalue weighted by atomic mass is 31.2. The van der Waals surface area contributed by atoms with Gasteiger partial charge in [0.05, 0.1) is 29.8 Å². The van der Waals surface area contributed by atoms with Gasteiger partial charge >= 0.3 is 7.82 Å². The van der Waals surface area contributed by atoms with E-state index in [2.05, 4.69) is 9.05 Å². The smallest absolute Gasteiger partial charge is 0.371 e. The van der Waals surface area contributed by atoms with Crippen LogP contribution in [-0.4, -0.2) is 30.1 Å². The predicted molar refractivity (Wildman–Crippen MR) is 70.2 cm³/mol. The van der Waals surface area contributed by atoms with Gasteiger partial charge in [0.1, 0.15) is 0 Å². The molecule has 1 aromatic rings. The number of ether oxygens (including phenoxy) is 1. The number of benzene rings is 1. The zero-order valence-corrected chi connectivity index (χ0v) is 12.0. The van der Waals surface area contributed by atoms with E-state index in [9.17, 15) is 14.7 Å². The number of nitrogens with zero attached hydrogens (tertiary/aromatic N) is 1. The molecule has 0 aliphatic carbocycles. The normalized spacial score (nSPS) is 15.6. The molecule has 1 N–H and O–H groups in total. The van der Waals surface area contributed by atoms with Gasteiger partial charge in [-0.2, -0.15) is 0 Å². The van der Waals surface area contributed by atoms with Crippen molar-refractivity contribution in [3.05, 3.63) is 39.9 Å². The summed E-state index contributed by atoms with van der Waals surface area (Å²) >= 11 is 0. The second-order valence-electron chi connectivity index (χ2n) is 3.81. The van der Waals surface area contributed by atoms with E-state index in [1.54, 1.807) is 25.1 Å². The average Bonchev–Trinajstić information content (AvgIpc) is 2.43. The summed E-state index contributed by atoms with van der Waals surface area (Å²) in [5.74, 6) is 0. The number of hydrogen-bond acceptors (Lipinski definition) is 6. The lowest BCUT2D eigenvalue weighted by Crippen LogP contribution is -2.08. The van der Waals surface area contributed by atoms with Crippen molar-refractivity contribution < 1.29 is 28.2 Å². The maximum absolute atomic E-state index is 11.0. The van der Waals surface area contributed by atoms with Crippen LogP contribution >= 0.6 is 7.82 Å². The molecule has 0 radical (unpaired) electrons. The van der Waals surface area contributed by atoms with Crippen LogP contribution in [0.4, 0.5) is 5.69 Å². The van der Waals surface area contributed by atoms with E-state index >= 15 is 0 Å². The zero-order chi connectivity index (χ0) is 15.2. The first kappa shape index (κ1) is 16.7. The molecule has 0 amide bonds. The third kappa shape index (κ3) is 4.99. The van der Waals surface area contributed by atoms with Crippen LogP contribution in [0.15, 0.2) is 24.3 Å². The first-order chi connectivity index (χ1) is 9.37. The highest BCUT2D eigenvalue weighted by Gasteiger charge is 2.20. The SMILES string of the molecule is COP(=O)(O)OCCOC(C)c1ccccc1[N+](=O)[O-]. The van der Waals surface area contributed by atoms with Crippen LogP contribution in [-0.2, 0) is 18.3 Å². The van der Waals surface area contributed by atoms with Crippen LogP contribution in [0.1, 0.15) is 18.6 Å². The van der Waals surface area contributed by atoms with E-state index in [1.807, 2.05) is 0 Å². The maximum atomic E-state index is 11.0. The van der Waals surface area contributed by atoms with Crippen LogP contribution in [0.5, 0.6) is 0 Å². The summed E-state index contributed by atoms with van der Waals surface area (Å²) in [5.41, 5.74) is 0.391. The Morgan fingerprint density at radius 3 is 2.65 bits per heavy atom. The lowest BCUT2D eigenvalue weighted by molar-refractivity contribution is -0.386. The molecular formula is C11H16NO7P. The molecular weight excluding hydrogens is 289 g/mol. The number of rotatable bonds is 8. The third-order valence-electron chi connectivity index (χ3n) is 2.51. The second-order valence-corrected chi connectivity index (χ2v) is 5.37. The number of nitro groups is 1. The number of phosphoric ester groups is 1. The zero-order valence-electron chi connectivity index (χ0n) is 11.1. The highest BCUT2D eigenvalue weighted by molar-refractivity contribution is 7.47. The van der Waals surface area contributed by atoms with Crippen molar-refractivity contribution in [3.63, 3.8) is 0 Å². The second kappa shape index (κ2) is 7.47. The van der Waals surface area contributed by atoms with Gasteiger partial charge in [-0.1, -0.05) is 12.1 Å². The molecule has 1 aromatic carbocycles. The molecule has 2 atom stereocenters. The van der Waals surface area contributed by atoms with Crippen molar-refractivity contribution >= 4 is 13.5 Å². The molecule has 0 spiro atoms. The Bertz CT molecular complexity index is 507. The fourth-order valence-corrected chi connectivity index (χ4v) is 1.93. The molecule has 0 aliphatic rings. The molecule has 0 saturated heterocycles. The van der Waals surface area contributed by atoms with Crippen molar-refractivity contribution in [3.8, 4) is 0 Å². The monoisotopic (exact) mass is 305 g/mol. The van der Waals surface area contributed by atoms with Crippen molar-refractivity contribution in [2.75, 3.05) is 20.3 Å². The minimum absolute atomic E-state index is 0.00112. The Kier molecular flexibility index (Phi) is 6.25. The van der Waals surface area contributed by atoms with E-state index in [0.29, 0.717) is 5.56 Å². The van der Waals surface area contributed by atoms with Crippen molar-refractivity contribution in [2.45, 2.75) is 13.0 Å². The lowest BCUT2D eigenvalue weighted by atomic mass is 10.1. The molecule has 0 aromatic heterocycles. The Balaban J connectivity index is 2.54. The summed E-state index contributed by atoms with van der Waals surface area (Å²) in [6.45, 7) is 1.49. The van der Waals surface area contributed by atoms with Crippen molar-refractivity contribution in [2.24, 2.45) is 0 Å². The van der Waals surface area contributed by atoms with Gasteiger partial charge < -0.3 is 9.63 Å². The van der Waals surface area contributed by atoms with Gasteiger partial charge in [0, 0.05) is 13.2 Å². The minimum atomic E-state index is -4.02. The molecule has 8 nitrogen and oxygen atoms in total. The topological polar surface area (TPSA) is 108 Å². The Morgan fingerprint density at radius 1 is 1.40 bits per heavy atom. The molecule has 0 fully saturated rings. The van der Waals surface area contributed by atoms with Gasteiger partial charge in [-0.05, 0) is 13.0 Å². The van der Waals surface area contributed by atoms with Crippen LogP contribution in [0.2, 0.25) is 0 Å². The summed E-state index contributed by atoms with van der Waals surface area (Å²) in [5, 5.41) is 10.9. The molecule has 9 heteroatoms. The largest absolute Gasteiger partial charge is 0.471 e. The molecule has 2 unspecified atom stereocenters. The molecule has 0 heterocycles. The average molecular weight is 305 g/mol. The third-order valence-corrected chi connectivity index (χ3v) is 3.48. The van der Waals surface area contributed by atoms with Gasteiger partial charge in [0.15, 0.2) is 0 Å². The Hall–Kier alpha value is -1.31. The van der Waals surface area contributed by atoms with Gasteiger partial charge in [0.2, 0.25) is 0 Å². The van der Waals surface area contributed by atoms with E-state index < -0.39 is 18.8 Å². The molecule has 1 rings (SSSR count). The number of phosphoric acid groups is 1. The minimum Gasteiger partial charge on any atom is -0.371 e. The molecule has 0 aliphatic heterocycles. The first-order valence-electron chi connectivity index (χ1n) is 5.75. The quantitative estimate of drug-likeness (QED) is 0.340. The summed E-state index contributed by atoms with van der Waals surface area (Å²) in [4.78, 5) is 19.4. The van der Waals surface area contributed by atoms with Gasteiger partial charge in [-0.25, -0.2) is 4.57 Å². The standard InChI is InChI=1S/C11H16NO7P/c1-9(18-7-8-19-20(15,16)17-2)10-5-3-4-6-11(10)12(13)14/h3-6,9H,7-8H2,1-2H3,(H,15,16). The highest BCUT2D eigenvalue weighted by Crippen LogP contribution is 2.41. The van der Waals surface area contributed by atoms with Crippen LogP contribution in [0, 0.1) is 10.1 Å². The first-order valence-corrected chi connectivity index (χ1v) is 7.25. The summed E-state index contributed by atoms with van der Waals surface area (Å²) in [6.07, 6.45) is -0.541. The van der Waals surface area contributed by atoms with Crippen molar-refractivity contribution in [1.82, 2.24) is 0 Å². The van der Waals surface area contributed by atoms with Gasteiger partial charge in [-0.15, -0.1) is 0 Å². The fourth-order valence-electron chi connectivity index (χ4n) is 1.52. The van der Waals surface area contributed by atoms with E-state index in [1.165, 1.54) is 6.07 Å². The Morgan fingerprint density at radius 2 is 2.05 bits per heavy atom. The van der Waals surface area contributed by atoms with E-state index in [4.69, 9.17) is 9.63 Å². The summed E-state index contributed by atoms with van der Waals surface area (Å²) in [6, 6.07) is 6.22. The van der Waals surface area contributed by atoms with E-state index in [0.717, 1.165) is 7.11 Å². The maximum Gasteiger partial charge on any atom is 0.471 e. The van der Waals surface area contributed by atoms with Crippen molar-refractivity contribution in [1.29, 1.82) is 0 Å². The number of nitro benzene ring substituents is 1. The molecule has 0 bridgehead atoms. The predicted octanol–water partition coefficient (Wildman–Crippen LogP) is 2.44. The van der Waals surface area contributed by atoms with Crippen LogP contribution in [0.25, 0.3) is 0 Å². The van der Waals surface area contributed by atoms with Crippen LogP contribution in [0.3, 0.4) is 0 Å². The molecule has 0 saturated carbocycles. The summed E-state index contributed by atoms with van der Waals surface area (Å²) < 4.78 is 25.1. The van der Waals surface area contributed by atoms with Gasteiger partial charge in [0.25, 0.3) is 5.69 Å². The van der Waals surface area contributed by atoms with Crippen LogP contribution < -0.4 is 0 Å². The lowest BCUT2D eigenvalue weighted by Gasteiger charge is -2.14. The fraction of sp³-hybridized carbons (Fsp3) is 0.455. The number of para-hydroxylation sites is 1. The molecule has 112 valence electrons. The van der Waals surface area contributed by atoms with E-state index in [-0.39, 0.29) is 18.9 Å².